The number of benzene rings is 1. The summed E-state index contributed by atoms with van der Waals surface area (Å²) in [6, 6.07) is 3.25. The second-order valence-corrected chi connectivity index (χ2v) is 4.06. The summed E-state index contributed by atoms with van der Waals surface area (Å²) >= 11 is 0. The van der Waals surface area contributed by atoms with Crippen molar-refractivity contribution < 1.29 is 13.6 Å². The maximum Gasteiger partial charge on any atom is 0.167 e. The molecule has 0 aliphatic rings. The van der Waals surface area contributed by atoms with E-state index in [1.165, 1.54) is 0 Å². The highest BCUT2D eigenvalue weighted by Crippen LogP contribution is 2.11. The van der Waals surface area contributed by atoms with Crippen molar-refractivity contribution in [3.05, 3.63) is 35.4 Å². The zero-order valence-corrected chi connectivity index (χ0v) is 10.1. The van der Waals surface area contributed by atoms with Crippen LogP contribution >= 0.6 is 0 Å². The molecule has 0 aromatic heterocycles. The highest BCUT2D eigenvalue weighted by molar-refractivity contribution is 5.96. The van der Waals surface area contributed by atoms with Crippen LogP contribution in [0.25, 0.3) is 0 Å². The Bertz CT molecular complexity index is 393. The molecule has 1 N–H and O–H groups in total. The lowest BCUT2D eigenvalue weighted by Gasteiger charge is -2.10. The van der Waals surface area contributed by atoms with Gasteiger partial charge in [-0.2, -0.15) is 0 Å². The van der Waals surface area contributed by atoms with Gasteiger partial charge in [0, 0.05) is 19.0 Å². The van der Waals surface area contributed by atoms with E-state index in [4.69, 9.17) is 0 Å². The molecule has 1 aromatic carbocycles. The lowest BCUT2D eigenvalue weighted by molar-refractivity contribution is 0.0977. The van der Waals surface area contributed by atoms with Crippen LogP contribution < -0.4 is 5.32 Å². The number of rotatable bonds is 6. The Labute approximate surface area is 100 Å². The van der Waals surface area contributed by atoms with Crippen LogP contribution in [-0.2, 0) is 0 Å². The highest BCUT2D eigenvalue weighted by Gasteiger charge is 2.12. The van der Waals surface area contributed by atoms with E-state index in [2.05, 4.69) is 5.32 Å². The van der Waals surface area contributed by atoms with Gasteiger partial charge in [0.25, 0.3) is 0 Å². The molecular formula is C13H17F2NO. The monoisotopic (exact) mass is 241 g/mol. The first-order valence-corrected chi connectivity index (χ1v) is 5.76. The zero-order chi connectivity index (χ0) is 12.8. The third kappa shape index (κ3) is 4.23. The molecule has 0 radical (unpaired) electrons. The summed E-state index contributed by atoms with van der Waals surface area (Å²) in [6.07, 6.45) is 1.13. The van der Waals surface area contributed by atoms with E-state index in [1.807, 2.05) is 13.8 Å². The predicted molar refractivity (Wildman–Crippen MR) is 63.1 cm³/mol. The number of Topliss-reactive ketones (excluding diaryl/α,β-unsaturated/α-hetero) is 1. The molecule has 1 aromatic rings. The van der Waals surface area contributed by atoms with Crippen molar-refractivity contribution in [1.29, 1.82) is 0 Å². The smallest absolute Gasteiger partial charge is 0.167 e. The largest absolute Gasteiger partial charge is 0.314 e. The minimum atomic E-state index is -0.667. The molecular weight excluding hydrogens is 224 g/mol. The Morgan fingerprint density at radius 3 is 2.76 bits per heavy atom. The maximum atomic E-state index is 13.3. The Kier molecular flexibility index (Phi) is 5.22. The molecule has 17 heavy (non-hydrogen) atoms. The molecule has 0 saturated heterocycles. The molecule has 2 nitrogen and oxygen atoms in total. The van der Waals surface area contributed by atoms with Crippen molar-refractivity contribution in [2.45, 2.75) is 32.7 Å². The van der Waals surface area contributed by atoms with E-state index in [0.29, 0.717) is 12.6 Å². The topological polar surface area (TPSA) is 29.1 Å². The first kappa shape index (κ1) is 13.8. The Morgan fingerprint density at radius 2 is 2.12 bits per heavy atom. The van der Waals surface area contributed by atoms with Gasteiger partial charge >= 0.3 is 0 Å². The number of ketones is 1. The third-order valence-electron chi connectivity index (χ3n) is 2.69. The van der Waals surface area contributed by atoms with Crippen LogP contribution in [0.1, 0.15) is 37.0 Å². The fraction of sp³-hybridized carbons (Fsp3) is 0.462. The van der Waals surface area contributed by atoms with Crippen molar-refractivity contribution in [3.8, 4) is 0 Å². The van der Waals surface area contributed by atoms with Gasteiger partial charge in [-0.15, -0.1) is 0 Å². The molecule has 0 amide bonds. The zero-order valence-electron chi connectivity index (χ0n) is 10.1. The van der Waals surface area contributed by atoms with Crippen molar-refractivity contribution in [2.75, 3.05) is 6.54 Å². The van der Waals surface area contributed by atoms with Gasteiger partial charge in [0.1, 0.15) is 11.6 Å². The quantitative estimate of drug-likeness (QED) is 0.776. The summed E-state index contributed by atoms with van der Waals surface area (Å²) in [4.78, 5) is 11.6. The highest BCUT2D eigenvalue weighted by atomic mass is 19.1. The van der Waals surface area contributed by atoms with Crippen LogP contribution in [0.3, 0.4) is 0 Å². The molecule has 0 spiro atoms. The average Bonchev–Trinajstić information content (AvgIpc) is 2.31. The van der Waals surface area contributed by atoms with Gasteiger partial charge in [-0.25, -0.2) is 8.78 Å². The number of hydrogen-bond acceptors (Lipinski definition) is 2. The fourth-order valence-electron chi connectivity index (χ4n) is 1.42. The number of carbonyl (C=O) groups excluding carboxylic acids is 1. The third-order valence-corrected chi connectivity index (χ3v) is 2.69. The van der Waals surface area contributed by atoms with E-state index in [1.54, 1.807) is 0 Å². The molecule has 0 aliphatic heterocycles. The number of hydrogen-bond donors (Lipinski definition) is 1. The normalized spacial score (nSPS) is 12.5. The lowest BCUT2D eigenvalue weighted by atomic mass is 10.1. The van der Waals surface area contributed by atoms with Gasteiger partial charge < -0.3 is 5.32 Å². The lowest BCUT2D eigenvalue weighted by Crippen LogP contribution is -2.27. The minimum Gasteiger partial charge on any atom is -0.314 e. The van der Waals surface area contributed by atoms with Gasteiger partial charge in [-0.05, 0) is 31.5 Å². The molecule has 1 rings (SSSR count). The second kappa shape index (κ2) is 6.45. The molecule has 1 atom stereocenters. The van der Waals surface area contributed by atoms with Crippen LogP contribution in [-0.4, -0.2) is 18.4 Å². The summed E-state index contributed by atoms with van der Waals surface area (Å²) < 4.78 is 26.1. The summed E-state index contributed by atoms with van der Waals surface area (Å²) in [5, 5.41) is 3.13. The molecule has 1 unspecified atom stereocenters. The molecule has 0 aliphatic carbocycles. The van der Waals surface area contributed by atoms with E-state index in [0.717, 1.165) is 24.6 Å². The van der Waals surface area contributed by atoms with Gasteiger partial charge in [-0.3, -0.25) is 4.79 Å². The molecule has 0 fully saturated rings. The van der Waals surface area contributed by atoms with Crippen LogP contribution in [0.5, 0.6) is 0 Å². The van der Waals surface area contributed by atoms with Crippen molar-refractivity contribution in [1.82, 2.24) is 5.32 Å². The number of halogens is 2. The van der Waals surface area contributed by atoms with Crippen molar-refractivity contribution >= 4 is 5.78 Å². The SMILES string of the molecule is CCC(C)NCCC(=O)c1cc(F)ccc1F. The Morgan fingerprint density at radius 1 is 1.41 bits per heavy atom. The first-order valence-electron chi connectivity index (χ1n) is 5.76. The molecule has 4 heteroatoms. The fourth-order valence-corrected chi connectivity index (χ4v) is 1.42. The van der Waals surface area contributed by atoms with Gasteiger partial charge in [-0.1, -0.05) is 6.92 Å². The van der Waals surface area contributed by atoms with Crippen LogP contribution in [0.2, 0.25) is 0 Å². The Balaban J connectivity index is 2.55. The van der Waals surface area contributed by atoms with E-state index in [9.17, 15) is 13.6 Å². The van der Waals surface area contributed by atoms with E-state index >= 15 is 0 Å². The van der Waals surface area contributed by atoms with Gasteiger partial charge in [0.15, 0.2) is 5.78 Å². The van der Waals surface area contributed by atoms with E-state index < -0.39 is 11.6 Å². The van der Waals surface area contributed by atoms with Crippen LogP contribution in [0.4, 0.5) is 8.78 Å². The van der Waals surface area contributed by atoms with Crippen molar-refractivity contribution in [3.63, 3.8) is 0 Å². The number of carbonyl (C=O) groups is 1. The minimum absolute atomic E-state index is 0.170. The molecule has 0 heterocycles. The summed E-state index contributed by atoms with van der Waals surface area (Å²) in [5.41, 5.74) is -0.170. The standard InChI is InChI=1S/C13H17F2NO/c1-3-9(2)16-7-6-13(17)11-8-10(14)4-5-12(11)15/h4-5,8-9,16H,3,6-7H2,1-2H3. The van der Waals surface area contributed by atoms with Crippen LogP contribution in [0, 0.1) is 11.6 Å². The Hall–Kier alpha value is -1.29. The first-order chi connectivity index (χ1) is 8.04. The van der Waals surface area contributed by atoms with Gasteiger partial charge in [0.05, 0.1) is 5.56 Å². The average molecular weight is 241 g/mol. The van der Waals surface area contributed by atoms with Crippen molar-refractivity contribution in [2.24, 2.45) is 0 Å². The number of nitrogens with one attached hydrogen (secondary N) is 1. The van der Waals surface area contributed by atoms with E-state index in [-0.39, 0.29) is 17.8 Å². The molecule has 0 bridgehead atoms. The summed E-state index contributed by atoms with van der Waals surface area (Å²) in [7, 11) is 0. The van der Waals surface area contributed by atoms with Gasteiger partial charge in [0.2, 0.25) is 0 Å². The maximum absolute atomic E-state index is 13.3. The molecule has 94 valence electrons. The second-order valence-electron chi connectivity index (χ2n) is 4.06. The predicted octanol–water partition coefficient (Wildman–Crippen LogP) is 2.93. The summed E-state index contributed by atoms with van der Waals surface area (Å²) in [5.74, 6) is -1.64. The molecule has 0 saturated carbocycles. The summed E-state index contributed by atoms with van der Waals surface area (Å²) in [6.45, 7) is 4.52. The van der Waals surface area contributed by atoms with Crippen LogP contribution in [0.15, 0.2) is 18.2 Å².